The Morgan fingerprint density at radius 1 is 1.20 bits per heavy atom. The summed E-state index contributed by atoms with van der Waals surface area (Å²) in [5, 5.41) is 3.34. The Balaban J connectivity index is 1.90. The molecule has 1 heterocycles. The third kappa shape index (κ3) is 3.61. The molecule has 1 amide bonds. The highest BCUT2D eigenvalue weighted by molar-refractivity contribution is 7.71. The molecule has 0 aliphatic heterocycles. The summed E-state index contributed by atoms with van der Waals surface area (Å²) < 4.78 is 0.227. The number of anilines is 2. The predicted molar refractivity (Wildman–Crippen MR) is 103 cm³/mol. The van der Waals surface area contributed by atoms with Gasteiger partial charge in [-0.1, -0.05) is 6.07 Å². The van der Waals surface area contributed by atoms with Crippen LogP contribution in [0.5, 0.6) is 0 Å². The van der Waals surface area contributed by atoms with Crippen LogP contribution in [-0.4, -0.2) is 29.5 Å². The Kier molecular flexibility index (Phi) is 4.67. The van der Waals surface area contributed by atoms with Gasteiger partial charge in [-0.3, -0.25) is 14.6 Å². The molecule has 0 bridgehead atoms. The number of benzene rings is 2. The second kappa shape index (κ2) is 6.90. The van der Waals surface area contributed by atoms with Crippen LogP contribution in [0.3, 0.4) is 0 Å². The van der Waals surface area contributed by atoms with Crippen molar-refractivity contribution in [3.8, 4) is 0 Å². The van der Waals surface area contributed by atoms with Gasteiger partial charge in [0.2, 0.25) is 0 Å². The Morgan fingerprint density at radius 3 is 2.76 bits per heavy atom. The van der Waals surface area contributed by atoms with E-state index in [4.69, 9.17) is 12.2 Å². The largest absolute Gasteiger partial charge is 0.375 e. The van der Waals surface area contributed by atoms with Gasteiger partial charge in [0, 0.05) is 30.5 Å². The maximum atomic E-state index is 12.5. The van der Waals surface area contributed by atoms with Gasteiger partial charge in [-0.15, -0.1) is 0 Å². The molecule has 0 aliphatic rings. The number of hydrogen-bond donors (Lipinski definition) is 3. The van der Waals surface area contributed by atoms with E-state index >= 15 is 0 Å². The molecule has 128 valence electrons. The van der Waals surface area contributed by atoms with Crippen molar-refractivity contribution in [2.75, 3.05) is 23.8 Å². The summed E-state index contributed by atoms with van der Waals surface area (Å²) in [7, 11) is 1.99. The van der Waals surface area contributed by atoms with E-state index in [2.05, 4.69) is 27.1 Å². The summed E-state index contributed by atoms with van der Waals surface area (Å²) in [6.07, 6.45) is 0. The lowest BCUT2D eigenvalue weighted by atomic mass is 10.1. The number of H-pyrrole nitrogens is 2. The van der Waals surface area contributed by atoms with Crippen LogP contribution in [0.25, 0.3) is 10.9 Å². The van der Waals surface area contributed by atoms with Crippen LogP contribution < -0.4 is 15.8 Å². The minimum atomic E-state index is -0.277. The van der Waals surface area contributed by atoms with E-state index in [9.17, 15) is 9.59 Å². The van der Waals surface area contributed by atoms with E-state index in [0.29, 0.717) is 22.2 Å². The first-order chi connectivity index (χ1) is 12.0. The number of aromatic amines is 2. The number of fused-ring (bicyclic) bond motifs is 1. The fourth-order valence-electron chi connectivity index (χ4n) is 2.52. The maximum Gasteiger partial charge on any atom is 0.259 e. The standard InChI is InChI=1S/C18H18N4O2S/c1-3-22(2)13-6-4-5-12(10-13)19-16(23)11-7-8-14-15(9-11)20-18(25)21-17(14)24/h4-10H,3H2,1-2H3,(H,19,23)(H2,20,21,24,25). The van der Waals surface area contributed by atoms with Crippen molar-refractivity contribution < 1.29 is 4.79 Å². The third-order valence-corrected chi connectivity index (χ3v) is 4.22. The van der Waals surface area contributed by atoms with Crippen molar-refractivity contribution >= 4 is 40.4 Å². The van der Waals surface area contributed by atoms with Crippen molar-refractivity contribution in [2.45, 2.75) is 6.92 Å². The van der Waals surface area contributed by atoms with Crippen molar-refractivity contribution in [1.29, 1.82) is 0 Å². The number of rotatable bonds is 4. The molecule has 0 saturated heterocycles. The van der Waals surface area contributed by atoms with Gasteiger partial charge in [0.15, 0.2) is 4.77 Å². The van der Waals surface area contributed by atoms with Crippen LogP contribution in [0.2, 0.25) is 0 Å². The van der Waals surface area contributed by atoms with Crippen molar-refractivity contribution in [3.05, 3.63) is 63.2 Å². The first-order valence-electron chi connectivity index (χ1n) is 7.87. The highest BCUT2D eigenvalue weighted by Gasteiger charge is 2.09. The van der Waals surface area contributed by atoms with Gasteiger partial charge in [0.25, 0.3) is 11.5 Å². The zero-order chi connectivity index (χ0) is 18.0. The molecule has 3 rings (SSSR count). The van der Waals surface area contributed by atoms with Crippen molar-refractivity contribution in [1.82, 2.24) is 9.97 Å². The fraction of sp³-hybridized carbons (Fsp3) is 0.167. The van der Waals surface area contributed by atoms with Gasteiger partial charge in [0.1, 0.15) is 0 Å². The van der Waals surface area contributed by atoms with Gasteiger partial charge in [-0.25, -0.2) is 0 Å². The SMILES string of the molecule is CCN(C)c1cccc(NC(=O)c2ccc3c(=O)[nH]c(=S)[nH]c3c2)c1. The summed E-state index contributed by atoms with van der Waals surface area (Å²) in [6, 6.07) is 12.5. The molecule has 6 nitrogen and oxygen atoms in total. The molecular weight excluding hydrogens is 336 g/mol. The number of aromatic nitrogens is 2. The maximum absolute atomic E-state index is 12.5. The van der Waals surface area contributed by atoms with E-state index in [1.807, 2.05) is 31.3 Å². The molecule has 0 unspecified atom stereocenters. The molecule has 3 N–H and O–H groups in total. The van der Waals surface area contributed by atoms with Gasteiger partial charge >= 0.3 is 0 Å². The van der Waals surface area contributed by atoms with Gasteiger partial charge in [0.05, 0.1) is 10.9 Å². The highest BCUT2D eigenvalue weighted by atomic mass is 32.1. The number of nitrogens with zero attached hydrogens (tertiary/aromatic N) is 1. The zero-order valence-corrected chi connectivity index (χ0v) is 14.7. The van der Waals surface area contributed by atoms with Gasteiger partial charge < -0.3 is 15.2 Å². The topological polar surface area (TPSA) is 81.0 Å². The first-order valence-corrected chi connectivity index (χ1v) is 8.27. The molecular formula is C18H18N4O2S. The Bertz CT molecular complexity index is 1050. The van der Waals surface area contributed by atoms with Crippen LogP contribution in [0.4, 0.5) is 11.4 Å². The summed E-state index contributed by atoms with van der Waals surface area (Å²) in [4.78, 5) is 31.9. The van der Waals surface area contributed by atoms with Crippen LogP contribution in [-0.2, 0) is 0 Å². The summed E-state index contributed by atoms with van der Waals surface area (Å²) >= 11 is 4.97. The third-order valence-electron chi connectivity index (χ3n) is 4.02. The smallest absolute Gasteiger partial charge is 0.259 e. The summed E-state index contributed by atoms with van der Waals surface area (Å²) in [5.74, 6) is -0.252. The van der Waals surface area contributed by atoms with Crippen LogP contribution in [0, 0.1) is 4.77 Å². The van der Waals surface area contributed by atoms with Crippen molar-refractivity contribution in [3.63, 3.8) is 0 Å². The number of amides is 1. The lowest BCUT2D eigenvalue weighted by Crippen LogP contribution is -2.17. The van der Waals surface area contributed by atoms with Crippen molar-refractivity contribution in [2.24, 2.45) is 0 Å². The summed E-state index contributed by atoms with van der Waals surface area (Å²) in [5.41, 5.74) is 2.43. The number of hydrogen-bond acceptors (Lipinski definition) is 4. The zero-order valence-electron chi connectivity index (χ0n) is 13.9. The fourth-order valence-corrected chi connectivity index (χ4v) is 2.72. The normalized spacial score (nSPS) is 10.6. The average Bonchev–Trinajstić information content (AvgIpc) is 2.60. The van der Waals surface area contributed by atoms with Crippen LogP contribution in [0.1, 0.15) is 17.3 Å². The minimum absolute atomic E-state index is 0.227. The summed E-state index contributed by atoms with van der Waals surface area (Å²) in [6.45, 7) is 2.93. The van der Waals surface area contributed by atoms with Gasteiger partial charge in [-0.05, 0) is 55.5 Å². The van der Waals surface area contributed by atoms with E-state index in [1.165, 1.54) is 0 Å². The van der Waals surface area contributed by atoms with E-state index < -0.39 is 0 Å². The molecule has 2 aromatic carbocycles. The molecule has 25 heavy (non-hydrogen) atoms. The van der Waals surface area contributed by atoms with Crippen LogP contribution >= 0.6 is 12.2 Å². The Morgan fingerprint density at radius 2 is 2.00 bits per heavy atom. The lowest BCUT2D eigenvalue weighted by molar-refractivity contribution is 0.102. The molecule has 3 aromatic rings. The molecule has 0 fully saturated rings. The molecule has 0 saturated carbocycles. The number of nitrogens with one attached hydrogen (secondary N) is 3. The molecule has 0 atom stereocenters. The minimum Gasteiger partial charge on any atom is -0.375 e. The van der Waals surface area contributed by atoms with E-state index in [-0.39, 0.29) is 16.2 Å². The van der Waals surface area contributed by atoms with E-state index in [0.717, 1.165) is 12.2 Å². The highest BCUT2D eigenvalue weighted by Crippen LogP contribution is 2.19. The van der Waals surface area contributed by atoms with Crippen LogP contribution in [0.15, 0.2) is 47.3 Å². The molecule has 1 aromatic heterocycles. The number of carbonyl (C=O) groups is 1. The first kappa shape index (κ1) is 16.9. The number of carbonyl (C=O) groups excluding carboxylic acids is 1. The molecule has 0 spiro atoms. The second-order valence-corrected chi connectivity index (χ2v) is 6.10. The Hall–Kier alpha value is -2.93. The molecule has 7 heteroatoms. The predicted octanol–water partition coefficient (Wildman–Crippen LogP) is 3.29. The van der Waals surface area contributed by atoms with E-state index in [1.54, 1.807) is 18.2 Å². The average molecular weight is 354 g/mol. The van der Waals surface area contributed by atoms with Gasteiger partial charge in [-0.2, -0.15) is 0 Å². The second-order valence-electron chi connectivity index (χ2n) is 5.69. The lowest BCUT2D eigenvalue weighted by Gasteiger charge is -2.17. The monoisotopic (exact) mass is 354 g/mol. The quantitative estimate of drug-likeness (QED) is 0.628. The molecule has 0 radical (unpaired) electrons. The molecule has 0 aliphatic carbocycles. The Labute approximate surface area is 149 Å².